The molecule has 1 atom stereocenters. The van der Waals surface area contributed by atoms with Gasteiger partial charge in [0, 0.05) is 38.8 Å². The number of nitrogens with one attached hydrogen (secondary N) is 1. The van der Waals surface area contributed by atoms with Crippen molar-refractivity contribution in [1.29, 1.82) is 5.26 Å². The molecule has 1 aromatic rings. The first-order valence-electron chi connectivity index (χ1n) is 6.41. The van der Waals surface area contributed by atoms with Gasteiger partial charge in [-0.25, -0.2) is 0 Å². The standard InChI is InChI=1S/C14H19N3O.ClH/c15-11-12-2-1-3-13(10-12)14(4-9-18)17-7-5-16-6-8-17;/h1-3,10,14,16,18H,4-9H2;1H/t14-;/m0./s1. The van der Waals surface area contributed by atoms with E-state index in [4.69, 9.17) is 5.26 Å². The van der Waals surface area contributed by atoms with Gasteiger partial charge in [-0.15, -0.1) is 12.4 Å². The highest BCUT2D eigenvalue weighted by atomic mass is 35.5. The fraction of sp³-hybridized carbons (Fsp3) is 0.500. The van der Waals surface area contributed by atoms with E-state index in [9.17, 15) is 5.11 Å². The Morgan fingerprint density at radius 1 is 1.37 bits per heavy atom. The molecule has 104 valence electrons. The second-order valence-electron chi connectivity index (χ2n) is 4.55. The molecule has 0 bridgehead atoms. The maximum Gasteiger partial charge on any atom is 0.0991 e. The van der Waals surface area contributed by atoms with Crippen molar-refractivity contribution in [1.82, 2.24) is 10.2 Å². The van der Waals surface area contributed by atoms with Crippen molar-refractivity contribution in [2.75, 3.05) is 32.8 Å². The molecule has 1 heterocycles. The molecular weight excluding hydrogens is 262 g/mol. The second-order valence-corrected chi connectivity index (χ2v) is 4.55. The van der Waals surface area contributed by atoms with Gasteiger partial charge in [0.05, 0.1) is 11.6 Å². The average Bonchev–Trinajstić information content (AvgIpc) is 2.46. The summed E-state index contributed by atoms with van der Waals surface area (Å²) in [5.41, 5.74) is 1.82. The first kappa shape index (κ1) is 15.9. The molecule has 1 saturated heterocycles. The first-order chi connectivity index (χ1) is 8.85. The van der Waals surface area contributed by atoms with Gasteiger partial charge in [-0.1, -0.05) is 12.1 Å². The van der Waals surface area contributed by atoms with Crippen molar-refractivity contribution >= 4 is 12.4 Å². The summed E-state index contributed by atoms with van der Waals surface area (Å²) in [7, 11) is 0. The van der Waals surface area contributed by atoms with Gasteiger partial charge < -0.3 is 10.4 Å². The smallest absolute Gasteiger partial charge is 0.0991 e. The van der Waals surface area contributed by atoms with Crippen molar-refractivity contribution in [3.05, 3.63) is 35.4 Å². The molecule has 0 spiro atoms. The minimum Gasteiger partial charge on any atom is -0.396 e. The van der Waals surface area contributed by atoms with Crippen molar-refractivity contribution in [2.24, 2.45) is 0 Å². The van der Waals surface area contributed by atoms with Gasteiger partial charge in [0.2, 0.25) is 0 Å². The monoisotopic (exact) mass is 281 g/mol. The van der Waals surface area contributed by atoms with Crippen LogP contribution in [0.4, 0.5) is 0 Å². The Morgan fingerprint density at radius 3 is 2.74 bits per heavy atom. The highest BCUT2D eigenvalue weighted by Gasteiger charge is 2.21. The molecule has 5 heteroatoms. The number of piperazine rings is 1. The highest BCUT2D eigenvalue weighted by Crippen LogP contribution is 2.25. The third-order valence-corrected chi connectivity index (χ3v) is 3.40. The highest BCUT2D eigenvalue weighted by molar-refractivity contribution is 5.85. The molecule has 1 aliphatic rings. The van der Waals surface area contributed by atoms with Gasteiger partial charge in [0.25, 0.3) is 0 Å². The Hall–Kier alpha value is -1.12. The number of benzene rings is 1. The van der Waals surface area contributed by atoms with E-state index in [1.165, 1.54) is 0 Å². The summed E-state index contributed by atoms with van der Waals surface area (Å²) in [5.74, 6) is 0. The van der Waals surface area contributed by atoms with Crippen LogP contribution >= 0.6 is 12.4 Å². The minimum atomic E-state index is 0. The van der Waals surface area contributed by atoms with Crippen LogP contribution in [-0.2, 0) is 0 Å². The van der Waals surface area contributed by atoms with Crippen LogP contribution in [0.1, 0.15) is 23.6 Å². The summed E-state index contributed by atoms with van der Waals surface area (Å²) in [4.78, 5) is 2.38. The van der Waals surface area contributed by atoms with Crippen LogP contribution in [0.2, 0.25) is 0 Å². The molecule has 4 nitrogen and oxygen atoms in total. The summed E-state index contributed by atoms with van der Waals surface area (Å²) < 4.78 is 0. The lowest BCUT2D eigenvalue weighted by molar-refractivity contribution is 0.141. The number of nitriles is 1. The number of aliphatic hydroxyl groups is 1. The van der Waals surface area contributed by atoms with Crippen molar-refractivity contribution in [3.63, 3.8) is 0 Å². The molecule has 0 unspecified atom stereocenters. The van der Waals surface area contributed by atoms with E-state index in [1.807, 2.05) is 24.3 Å². The van der Waals surface area contributed by atoms with Gasteiger partial charge >= 0.3 is 0 Å². The van der Waals surface area contributed by atoms with Gasteiger partial charge in [-0.3, -0.25) is 4.90 Å². The zero-order valence-electron chi connectivity index (χ0n) is 10.9. The zero-order valence-corrected chi connectivity index (χ0v) is 11.7. The summed E-state index contributed by atoms with van der Waals surface area (Å²) in [6.07, 6.45) is 0.717. The normalized spacial score (nSPS) is 17.3. The third-order valence-electron chi connectivity index (χ3n) is 3.40. The fourth-order valence-electron chi connectivity index (χ4n) is 2.49. The van der Waals surface area contributed by atoms with E-state index < -0.39 is 0 Å². The molecule has 0 amide bonds. The van der Waals surface area contributed by atoms with E-state index in [-0.39, 0.29) is 25.1 Å². The first-order valence-corrected chi connectivity index (χ1v) is 6.41. The summed E-state index contributed by atoms with van der Waals surface area (Å²) in [6, 6.07) is 10.1. The zero-order chi connectivity index (χ0) is 12.8. The van der Waals surface area contributed by atoms with Crippen LogP contribution < -0.4 is 5.32 Å². The molecule has 2 N–H and O–H groups in total. The number of aliphatic hydroxyl groups excluding tert-OH is 1. The van der Waals surface area contributed by atoms with Crippen molar-refractivity contribution < 1.29 is 5.11 Å². The Morgan fingerprint density at radius 2 is 2.11 bits per heavy atom. The second kappa shape index (κ2) is 8.13. The number of halogens is 1. The summed E-state index contributed by atoms with van der Waals surface area (Å²) in [6.45, 7) is 4.12. The van der Waals surface area contributed by atoms with Crippen LogP contribution in [0.25, 0.3) is 0 Å². The van der Waals surface area contributed by atoms with E-state index in [2.05, 4.69) is 16.3 Å². The van der Waals surface area contributed by atoms with Crippen LogP contribution in [0.5, 0.6) is 0 Å². The minimum absolute atomic E-state index is 0. The molecule has 1 aromatic carbocycles. The predicted molar refractivity (Wildman–Crippen MR) is 77.3 cm³/mol. The molecule has 0 aliphatic carbocycles. The van der Waals surface area contributed by atoms with Crippen LogP contribution in [0.3, 0.4) is 0 Å². The van der Waals surface area contributed by atoms with Gasteiger partial charge in [0.15, 0.2) is 0 Å². The summed E-state index contributed by atoms with van der Waals surface area (Å²) in [5, 5.41) is 21.5. The van der Waals surface area contributed by atoms with Crippen molar-refractivity contribution in [2.45, 2.75) is 12.5 Å². The molecule has 1 fully saturated rings. The fourth-order valence-corrected chi connectivity index (χ4v) is 2.49. The Balaban J connectivity index is 0.00000180. The largest absolute Gasteiger partial charge is 0.396 e. The third kappa shape index (κ3) is 4.19. The lowest BCUT2D eigenvalue weighted by atomic mass is 9.99. The predicted octanol–water partition coefficient (Wildman–Crippen LogP) is 1.31. The molecule has 0 radical (unpaired) electrons. The number of hydrogen-bond donors (Lipinski definition) is 2. The molecular formula is C14H20ClN3O. The number of hydrogen-bond acceptors (Lipinski definition) is 4. The Labute approximate surface area is 120 Å². The van der Waals surface area contributed by atoms with Crippen LogP contribution in [0.15, 0.2) is 24.3 Å². The maximum absolute atomic E-state index is 9.25. The molecule has 1 aliphatic heterocycles. The van der Waals surface area contributed by atoms with E-state index in [0.717, 1.165) is 38.2 Å². The topological polar surface area (TPSA) is 59.3 Å². The molecule has 2 rings (SSSR count). The lowest BCUT2D eigenvalue weighted by Gasteiger charge is -2.35. The van der Waals surface area contributed by atoms with Gasteiger partial charge in [-0.2, -0.15) is 5.26 Å². The van der Waals surface area contributed by atoms with Crippen molar-refractivity contribution in [3.8, 4) is 6.07 Å². The van der Waals surface area contributed by atoms with Crippen LogP contribution in [0, 0.1) is 11.3 Å². The summed E-state index contributed by atoms with van der Waals surface area (Å²) >= 11 is 0. The average molecular weight is 282 g/mol. The quantitative estimate of drug-likeness (QED) is 0.874. The van der Waals surface area contributed by atoms with E-state index in [1.54, 1.807) is 0 Å². The SMILES string of the molecule is Cl.N#Cc1cccc([C@H](CCO)N2CCNCC2)c1. The number of nitrogens with zero attached hydrogens (tertiary/aromatic N) is 2. The maximum atomic E-state index is 9.25. The van der Waals surface area contributed by atoms with E-state index >= 15 is 0 Å². The number of rotatable bonds is 4. The molecule has 0 saturated carbocycles. The molecule has 19 heavy (non-hydrogen) atoms. The van der Waals surface area contributed by atoms with Crippen LogP contribution in [-0.4, -0.2) is 42.8 Å². The van der Waals surface area contributed by atoms with Gasteiger partial charge in [-0.05, 0) is 24.1 Å². The Bertz CT molecular complexity index is 427. The molecule has 0 aromatic heterocycles. The Kier molecular flexibility index (Phi) is 6.82. The van der Waals surface area contributed by atoms with Gasteiger partial charge in [0.1, 0.15) is 0 Å². The lowest BCUT2D eigenvalue weighted by Crippen LogP contribution is -2.45. The van der Waals surface area contributed by atoms with E-state index in [0.29, 0.717) is 5.56 Å².